The van der Waals surface area contributed by atoms with Gasteiger partial charge in [-0.15, -0.1) is 11.3 Å². The highest BCUT2D eigenvalue weighted by Crippen LogP contribution is 2.31. The van der Waals surface area contributed by atoms with Gasteiger partial charge in [0.1, 0.15) is 4.21 Å². The summed E-state index contributed by atoms with van der Waals surface area (Å²) >= 11 is 1.28. The van der Waals surface area contributed by atoms with Gasteiger partial charge in [-0.3, -0.25) is 0 Å². The van der Waals surface area contributed by atoms with Gasteiger partial charge in [0.05, 0.1) is 0 Å². The van der Waals surface area contributed by atoms with Crippen LogP contribution in [0.25, 0.3) is 0 Å². The molecule has 2 aromatic rings. The summed E-state index contributed by atoms with van der Waals surface area (Å²) in [5.41, 5.74) is 1.23. The van der Waals surface area contributed by atoms with E-state index >= 15 is 0 Å². The van der Waals surface area contributed by atoms with Crippen molar-refractivity contribution in [2.45, 2.75) is 16.5 Å². The molecule has 1 saturated heterocycles. The van der Waals surface area contributed by atoms with Crippen molar-refractivity contribution >= 4 is 21.4 Å². The first-order valence-electron chi connectivity index (χ1n) is 6.26. The Hall–Kier alpha value is -1.17. The third-order valence-electron chi connectivity index (χ3n) is 3.51. The van der Waals surface area contributed by atoms with E-state index in [1.54, 1.807) is 21.8 Å². The molecule has 0 N–H and O–H groups in total. The van der Waals surface area contributed by atoms with Crippen LogP contribution in [0, 0.1) is 0 Å². The lowest BCUT2D eigenvalue weighted by molar-refractivity contribution is 0.474. The van der Waals surface area contributed by atoms with Gasteiger partial charge < -0.3 is 0 Å². The zero-order chi connectivity index (χ0) is 13.3. The number of rotatable bonds is 3. The molecule has 2 heterocycles. The SMILES string of the molecule is O=S(=O)(c1cccs1)N1CCC(c2ccccc2)C1. The highest BCUT2D eigenvalue weighted by Gasteiger charge is 2.33. The van der Waals surface area contributed by atoms with Crippen LogP contribution < -0.4 is 0 Å². The van der Waals surface area contributed by atoms with Gasteiger partial charge in [0.2, 0.25) is 0 Å². The molecular formula is C14H15NO2S2. The largest absolute Gasteiger partial charge is 0.252 e. The van der Waals surface area contributed by atoms with Gasteiger partial charge in [-0.1, -0.05) is 36.4 Å². The van der Waals surface area contributed by atoms with Crippen molar-refractivity contribution in [1.29, 1.82) is 0 Å². The fraction of sp³-hybridized carbons (Fsp3) is 0.286. The summed E-state index contributed by atoms with van der Waals surface area (Å²) in [7, 11) is -3.28. The fourth-order valence-electron chi connectivity index (χ4n) is 2.48. The van der Waals surface area contributed by atoms with E-state index in [-0.39, 0.29) is 0 Å². The monoisotopic (exact) mass is 293 g/mol. The topological polar surface area (TPSA) is 37.4 Å². The van der Waals surface area contributed by atoms with Gasteiger partial charge in [0, 0.05) is 13.1 Å². The van der Waals surface area contributed by atoms with Gasteiger partial charge in [0.15, 0.2) is 0 Å². The molecule has 3 rings (SSSR count). The minimum Gasteiger partial charge on any atom is -0.206 e. The van der Waals surface area contributed by atoms with Crippen LogP contribution in [-0.4, -0.2) is 25.8 Å². The quantitative estimate of drug-likeness (QED) is 0.872. The van der Waals surface area contributed by atoms with Crippen LogP contribution in [0.1, 0.15) is 17.9 Å². The Morgan fingerprint density at radius 3 is 2.58 bits per heavy atom. The Bertz CT molecular complexity index is 635. The Labute approximate surface area is 117 Å². The van der Waals surface area contributed by atoms with Gasteiger partial charge in [-0.2, -0.15) is 4.31 Å². The molecule has 0 amide bonds. The van der Waals surface area contributed by atoms with Crippen molar-refractivity contribution in [3.05, 3.63) is 53.4 Å². The van der Waals surface area contributed by atoms with Crippen LogP contribution in [0.4, 0.5) is 0 Å². The van der Waals surface area contributed by atoms with Crippen molar-refractivity contribution < 1.29 is 8.42 Å². The van der Waals surface area contributed by atoms with Crippen molar-refractivity contribution in [3.8, 4) is 0 Å². The third-order valence-corrected chi connectivity index (χ3v) is 6.75. The summed E-state index contributed by atoms with van der Waals surface area (Å²) in [6.45, 7) is 1.20. The maximum atomic E-state index is 12.4. The minimum atomic E-state index is -3.28. The van der Waals surface area contributed by atoms with Gasteiger partial charge in [0.25, 0.3) is 10.0 Å². The second-order valence-corrected chi connectivity index (χ2v) is 7.80. The molecule has 1 aliphatic heterocycles. The zero-order valence-electron chi connectivity index (χ0n) is 10.4. The molecule has 0 radical (unpaired) electrons. The molecule has 3 nitrogen and oxygen atoms in total. The van der Waals surface area contributed by atoms with Gasteiger partial charge >= 0.3 is 0 Å². The Morgan fingerprint density at radius 2 is 1.89 bits per heavy atom. The predicted octanol–water partition coefficient (Wildman–Crippen LogP) is 2.93. The smallest absolute Gasteiger partial charge is 0.206 e. The average Bonchev–Trinajstić information content (AvgIpc) is 3.12. The van der Waals surface area contributed by atoms with E-state index in [1.807, 2.05) is 18.2 Å². The molecule has 1 fully saturated rings. The van der Waals surface area contributed by atoms with E-state index < -0.39 is 10.0 Å². The van der Waals surface area contributed by atoms with E-state index in [9.17, 15) is 8.42 Å². The summed E-state index contributed by atoms with van der Waals surface area (Å²) in [5.74, 6) is 0.316. The lowest BCUT2D eigenvalue weighted by Gasteiger charge is -2.15. The molecule has 1 aliphatic rings. The summed E-state index contributed by atoms with van der Waals surface area (Å²) < 4.78 is 26.9. The van der Waals surface area contributed by atoms with Crippen LogP contribution >= 0.6 is 11.3 Å². The van der Waals surface area contributed by atoms with Crippen molar-refractivity contribution in [2.75, 3.05) is 13.1 Å². The number of hydrogen-bond acceptors (Lipinski definition) is 3. The number of thiophene rings is 1. The van der Waals surface area contributed by atoms with E-state index in [0.29, 0.717) is 23.2 Å². The lowest BCUT2D eigenvalue weighted by atomic mass is 9.99. The summed E-state index contributed by atoms with van der Waals surface area (Å²) in [6, 6.07) is 13.6. The first-order chi connectivity index (χ1) is 9.18. The second-order valence-electron chi connectivity index (χ2n) is 4.69. The van der Waals surface area contributed by atoms with Crippen molar-refractivity contribution in [2.24, 2.45) is 0 Å². The van der Waals surface area contributed by atoms with E-state index in [2.05, 4.69) is 12.1 Å². The standard InChI is InChI=1S/C14H15NO2S2/c16-19(17,14-7-4-10-18-14)15-9-8-13(11-15)12-5-2-1-3-6-12/h1-7,10,13H,8-9,11H2. The van der Waals surface area contributed by atoms with Crippen LogP contribution in [0.2, 0.25) is 0 Å². The Balaban J connectivity index is 1.80. The van der Waals surface area contributed by atoms with Gasteiger partial charge in [-0.25, -0.2) is 8.42 Å². The molecule has 0 bridgehead atoms. The fourth-order valence-corrected chi connectivity index (χ4v) is 5.13. The Morgan fingerprint density at radius 1 is 1.11 bits per heavy atom. The Kier molecular flexibility index (Phi) is 3.43. The number of benzene rings is 1. The second kappa shape index (κ2) is 5.07. The maximum Gasteiger partial charge on any atom is 0.252 e. The van der Waals surface area contributed by atoms with Crippen LogP contribution in [0.5, 0.6) is 0 Å². The van der Waals surface area contributed by atoms with E-state index in [4.69, 9.17) is 0 Å². The summed E-state index contributed by atoms with van der Waals surface area (Å²) in [4.78, 5) is 0. The third kappa shape index (κ3) is 2.45. The molecule has 1 aromatic carbocycles. The molecule has 1 atom stereocenters. The molecule has 0 spiro atoms. The minimum absolute atomic E-state index is 0.316. The molecular weight excluding hydrogens is 278 g/mol. The number of sulfonamides is 1. The molecule has 1 aromatic heterocycles. The van der Waals surface area contributed by atoms with E-state index in [0.717, 1.165) is 6.42 Å². The zero-order valence-corrected chi connectivity index (χ0v) is 12.0. The van der Waals surface area contributed by atoms with Crippen molar-refractivity contribution in [3.63, 3.8) is 0 Å². The van der Waals surface area contributed by atoms with Crippen molar-refractivity contribution in [1.82, 2.24) is 4.31 Å². The lowest BCUT2D eigenvalue weighted by Crippen LogP contribution is -2.28. The maximum absolute atomic E-state index is 12.4. The molecule has 0 saturated carbocycles. The van der Waals surface area contributed by atoms with Crippen LogP contribution in [0.3, 0.4) is 0 Å². The molecule has 1 unspecified atom stereocenters. The average molecular weight is 293 g/mol. The first kappa shape index (κ1) is 12.8. The van der Waals surface area contributed by atoms with Crippen LogP contribution in [0.15, 0.2) is 52.1 Å². The summed E-state index contributed by atoms with van der Waals surface area (Å²) in [6.07, 6.45) is 0.897. The number of hydrogen-bond donors (Lipinski definition) is 0. The molecule has 0 aliphatic carbocycles. The van der Waals surface area contributed by atoms with Crippen LogP contribution in [-0.2, 0) is 10.0 Å². The first-order valence-corrected chi connectivity index (χ1v) is 8.58. The molecule has 100 valence electrons. The highest BCUT2D eigenvalue weighted by molar-refractivity contribution is 7.91. The molecule has 19 heavy (non-hydrogen) atoms. The van der Waals surface area contributed by atoms with E-state index in [1.165, 1.54) is 16.9 Å². The highest BCUT2D eigenvalue weighted by atomic mass is 32.2. The number of nitrogens with zero attached hydrogens (tertiary/aromatic N) is 1. The normalized spacial score (nSPS) is 20.7. The van der Waals surface area contributed by atoms with Gasteiger partial charge in [-0.05, 0) is 29.3 Å². The predicted molar refractivity (Wildman–Crippen MR) is 76.9 cm³/mol. The molecule has 5 heteroatoms. The summed E-state index contributed by atoms with van der Waals surface area (Å²) in [5, 5.41) is 1.80.